The van der Waals surface area contributed by atoms with Crippen molar-refractivity contribution in [3.8, 4) is 0 Å². The molecular weight excluding hydrogens is 282 g/mol. The zero-order valence-electron chi connectivity index (χ0n) is 9.79. The van der Waals surface area contributed by atoms with Crippen LogP contribution in [0.4, 0.5) is 0 Å². The summed E-state index contributed by atoms with van der Waals surface area (Å²) in [5.41, 5.74) is 7.17. The van der Waals surface area contributed by atoms with E-state index in [2.05, 4.69) is 47.1 Å². The Morgan fingerprint density at radius 2 is 1.94 bits per heavy atom. The summed E-state index contributed by atoms with van der Waals surface area (Å²) in [6, 6.07) is 8.50. The van der Waals surface area contributed by atoms with Crippen LogP contribution in [-0.4, -0.2) is 12.3 Å². The fourth-order valence-electron chi connectivity index (χ4n) is 1.56. The molecule has 0 aromatic heterocycles. The van der Waals surface area contributed by atoms with E-state index in [0.29, 0.717) is 5.25 Å². The normalized spacial score (nSPS) is 12.7. The van der Waals surface area contributed by atoms with Crippen LogP contribution in [0.5, 0.6) is 0 Å². The Labute approximate surface area is 111 Å². The molecule has 0 spiro atoms. The molecule has 3 heteroatoms. The average molecular weight is 302 g/mol. The van der Waals surface area contributed by atoms with Gasteiger partial charge in [-0.2, -0.15) is 11.8 Å². The molecule has 0 aliphatic rings. The van der Waals surface area contributed by atoms with Crippen molar-refractivity contribution in [2.75, 3.05) is 12.3 Å². The van der Waals surface area contributed by atoms with Gasteiger partial charge in [0.1, 0.15) is 0 Å². The van der Waals surface area contributed by atoms with Gasteiger partial charge in [-0.25, -0.2) is 0 Å². The number of thioether (sulfide) groups is 1. The molecule has 1 aromatic rings. The number of unbranched alkanes of at least 4 members (excludes halogenated alkanes) is 2. The molecule has 0 aliphatic carbocycles. The van der Waals surface area contributed by atoms with Crippen LogP contribution in [0.3, 0.4) is 0 Å². The highest BCUT2D eigenvalue weighted by molar-refractivity contribution is 9.10. The second kappa shape index (κ2) is 8.15. The summed E-state index contributed by atoms with van der Waals surface area (Å²) in [5.74, 6) is 1.21. The predicted molar refractivity (Wildman–Crippen MR) is 77.9 cm³/mol. The summed E-state index contributed by atoms with van der Waals surface area (Å²) >= 11 is 5.43. The van der Waals surface area contributed by atoms with Gasteiger partial charge in [-0.3, -0.25) is 0 Å². The Balaban J connectivity index is 2.44. The molecule has 1 unspecified atom stereocenters. The fraction of sp³-hybridized carbons (Fsp3) is 0.538. The van der Waals surface area contributed by atoms with Crippen molar-refractivity contribution in [3.63, 3.8) is 0 Å². The zero-order valence-corrected chi connectivity index (χ0v) is 12.2. The van der Waals surface area contributed by atoms with Crippen LogP contribution in [0.25, 0.3) is 0 Å². The predicted octanol–water partition coefficient (Wildman–Crippen LogP) is 4.37. The second-order valence-corrected chi connectivity index (χ2v) is 6.08. The third kappa shape index (κ3) is 4.89. The maximum atomic E-state index is 5.83. The lowest BCUT2D eigenvalue weighted by Crippen LogP contribution is -2.09. The second-order valence-electron chi connectivity index (χ2n) is 3.85. The first-order valence-corrected chi connectivity index (χ1v) is 7.69. The van der Waals surface area contributed by atoms with Gasteiger partial charge in [0.05, 0.1) is 0 Å². The third-order valence-corrected chi connectivity index (χ3v) is 4.44. The molecule has 1 rings (SSSR count). The highest BCUT2D eigenvalue weighted by Crippen LogP contribution is 2.29. The van der Waals surface area contributed by atoms with Crippen molar-refractivity contribution in [1.82, 2.24) is 0 Å². The van der Waals surface area contributed by atoms with E-state index in [-0.39, 0.29) is 0 Å². The first kappa shape index (κ1) is 14.1. The molecule has 1 atom stereocenters. The van der Waals surface area contributed by atoms with Crippen molar-refractivity contribution in [2.45, 2.75) is 31.4 Å². The van der Waals surface area contributed by atoms with Gasteiger partial charge in [0.25, 0.3) is 0 Å². The largest absolute Gasteiger partial charge is 0.329 e. The smallest absolute Gasteiger partial charge is 0.0419 e. The molecule has 0 heterocycles. The molecule has 0 saturated heterocycles. The van der Waals surface area contributed by atoms with Crippen LogP contribution in [-0.2, 0) is 0 Å². The number of hydrogen-bond acceptors (Lipinski definition) is 2. The third-order valence-electron chi connectivity index (χ3n) is 2.52. The number of nitrogens with two attached hydrogens (primary N) is 1. The monoisotopic (exact) mass is 301 g/mol. The SMILES string of the molecule is CCCCCSC(CN)c1ccc(Br)cc1. The molecule has 16 heavy (non-hydrogen) atoms. The minimum Gasteiger partial charge on any atom is -0.329 e. The molecule has 90 valence electrons. The molecule has 0 amide bonds. The van der Waals surface area contributed by atoms with Crippen molar-refractivity contribution in [3.05, 3.63) is 34.3 Å². The Bertz CT molecular complexity index is 286. The number of hydrogen-bond donors (Lipinski definition) is 1. The molecule has 0 bridgehead atoms. The van der Waals surface area contributed by atoms with Crippen LogP contribution >= 0.6 is 27.7 Å². The quantitative estimate of drug-likeness (QED) is 0.757. The fourth-order valence-corrected chi connectivity index (χ4v) is 2.96. The number of benzene rings is 1. The molecule has 1 nitrogen and oxygen atoms in total. The van der Waals surface area contributed by atoms with E-state index in [9.17, 15) is 0 Å². The summed E-state index contributed by atoms with van der Waals surface area (Å²) in [4.78, 5) is 0. The minimum atomic E-state index is 0.449. The Kier molecular flexibility index (Phi) is 7.17. The summed E-state index contributed by atoms with van der Waals surface area (Å²) in [6.45, 7) is 2.96. The molecule has 0 saturated carbocycles. The van der Waals surface area contributed by atoms with E-state index in [1.165, 1.54) is 30.6 Å². The van der Waals surface area contributed by atoms with Crippen LogP contribution in [0, 0.1) is 0 Å². The van der Waals surface area contributed by atoms with Gasteiger partial charge in [0, 0.05) is 16.3 Å². The summed E-state index contributed by atoms with van der Waals surface area (Å²) in [7, 11) is 0. The Hall–Kier alpha value is 0.01000. The molecule has 0 radical (unpaired) electrons. The van der Waals surface area contributed by atoms with E-state index < -0.39 is 0 Å². The summed E-state index contributed by atoms with van der Waals surface area (Å²) in [5, 5.41) is 0.449. The average Bonchev–Trinajstić information content (AvgIpc) is 2.31. The van der Waals surface area contributed by atoms with Gasteiger partial charge in [-0.05, 0) is 29.9 Å². The Morgan fingerprint density at radius 1 is 1.25 bits per heavy atom. The number of rotatable bonds is 7. The van der Waals surface area contributed by atoms with Gasteiger partial charge in [0.15, 0.2) is 0 Å². The van der Waals surface area contributed by atoms with Gasteiger partial charge < -0.3 is 5.73 Å². The van der Waals surface area contributed by atoms with Gasteiger partial charge in [0.2, 0.25) is 0 Å². The topological polar surface area (TPSA) is 26.0 Å². The first-order chi connectivity index (χ1) is 7.77. The van der Waals surface area contributed by atoms with Crippen molar-refractivity contribution in [1.29, 1.82) is 0 Å². The lowest BCUT2D eigenvalue weighted by molar-refractivity contribution is 0.776. The van der Waals surface area contributed by atoms with Crippen molar-refractivity contribution in [2.24, 2.45) is 5.73 Å². The van der Waals surface area contributed by atoms with Gasteiger partial charge in [-0.1, -0.05) is 47.8 Å². The Morgan fingerprint density at radius 3 is 2.50 bits per heavy atom. The highest BCUT2D eigenvalue weighted by atomic mass is 79.9. The van der Waals surface area contributed by atoms with E-state index in [1.54, 1.807) is 0 Å². The van der Waals surface area contributed by atoms with E-state index in [1.807, 2.05) is 11.8 Å². The maximum Gasteiger partial charge on any atom is 0.0419 e. The molecular formula is C13H20BrNS. The molecule has 0 fully saturated rings. The van der Waals surface area contributed by atoms with Crippen molar-refractivity contribution >= 4 is 27.7 Å². The van der Waals surface area contributed by atoms with Crippen LogP contribution in [0.2, 0.25) is 0 Å². The van der Waals surface area contributed by atoms with E-state index in [4.69, 9.17) is 5.73 Å². The maximum absolute atomic E-state index is 5.83. The van der Waals surface area contributed by atoms with Crippen LogP contribution in [0.15, 0.2) is 28.7 Å². The van der Waals surface area contributed by atoms with Gasteiger partial charge >= 0.3 is 0 Å². The van der Waals surface area contributed by atoms with E-state index >= 15 is 0 Å². The highest BCUT2D eigenvalue weighted by Gasteiger charge is 2.09. The lowest BCUT2D eigenvalue weighted by Gasteiger charge is -2.14. The summed E-state index contributed by atoms with van der Waals surface area (Å²) in [6.07, 6.45) is 3.91. The van der Waals surface area contributed by atoms with E-state index in [0.717, 1.165) is 11.0 Å². The van der Waals surface area contributed by atoms with Crippen LogP contribution in [0.1, 0.15) is 37.0 Å². The molecule has 1 aromatic carbocycles. The minimum absolute atomic E-state index is 0.449. The first-order valence-electron chi connectivity index (χ1n) is 5.85. The number of halogens is 1. The van der Waals surface area contributed by atoms with Crippen molar-refractivity contribution < 1.29 is 0 Å². The standard InChI is InChI=1S/C13H20BrNS/c1-2-3-4-9-16-13(10-15)11-5-7-12(14)8-6-11/h5-8,13H,2-4,9-10,15H2,1H3. The molecule has 2 N–H and O–H groups in total. The van der Waals surface area contributed by atoms with Gasteiger partial charge in [-0.15, -0.1) is 0 Å². The lowest BCUT2D eigenvalue weighted by atomic mass is 10.1. The molecule has 0 aliphatic heterocycles. The summed E-state index contributed by atoms with van der Waals surface area (Å²) < 4.78 is 1.13. The zero-order chi connectivity index (χ0) is 11.8. The van der Waals surface area contributed by atoms with Crippen LogP contribution < -0.4 is 5.73 Å².